The summed E-state index contributed by atoms with van der Waals surface area (Å²) in [7, 11) is 1.58. The first kappa shape index (κ1) is 12.5. The molecule has 2 rings (SSSR count). The van der Waals surface area contributed by atoms with Crippen LogP contribution in [0.1, 0.15) is 10.4 Å². The molecule has 0 atom stereocenters. The summed E-state index contributed by atoms with van der Waals surface area (Å²) in [6, 6.07) is 3.44. The molecule has 0 radical (unpaired) electrons. The Balaban J connectivity index is 2.52. The smallest absolute Gasteiger partial charge is 0.341 e. The van der Waals surface area contributed by atoms with E-state index < -0.39 is 22.3 Å². The molecule has 0 saturated heterocycles. The lowest BCUT2D eigenvalue weighted by Crippen LogP contribution is -2.03. The van der Waals surface area contributed by atoms with Gasteiger partial charge in [-0.15, -0.1) is 5.10 Å². The molecule has 1 aromatic carbocycles. The monoisotopic (exact) mass is 264 g/mol. The molecular formula is C10H8N4O5. The highest BCUT2D eigenvalue weighted by atomic mass is 16.6. The van der Waals surface area contributed by atoms with Crippen LogP contribution >= 0.6 is 0 Å². The largest absolute Gasteiger partial charge is 0.478 e. The summed E-state index contributed by atoms with van der Waals surface area (Å²) >= 11 is 0. The maximum Gasteiger partial charge on any atom is 0.341 e. The van der Waals surface area contributed by atoms with Crippen LogP contribution in [0.2, 0.25) is 0 Å². The lowest BCUT2D eigenvalue weighted by atomic mass is 10.2. The standard InChI is InChI=1S/C10H8N4O5/c1-13-5-11-10(12-13)19-8-6(9(15)16)3-2-4-7(8)14(17)18/h2-5H,1H3,(H,15,16). The Bertz CT molecular complexity index is 619. The van der Waals surface area contributed by atoms with Gasteiger partial charge >= 0.3 is 17.7 Å². The number of aromatic nitrogens is 3. The van der Waals surface area contributed by atoms with Crippen molar-refractivity contribution in [2.24, 2.45) is 7.05 Å². The maximum absolute atomic E-state index is 11.0. The van der Waals surface area contributed by atoms with Crippen molar-refractivity contribution in [3.05, 3.63) is 40.2 Å². The first-order valence-electron chi connectivity index (χ1n) is 5.03. The number of aromatic carboxylic acids is 1. The minimum Gasteiger partial charge on any atom is -0.478 e. The van der Waals surface area contributed by atoms with Crippen molar-refractivity contribution in [2.75, 3.05) is 0 Å². The zero-order valence-electron chi connectivity index (χ0n) is 9.68. The summed E-state index contributed by atoms with van der Waals surface area (Å²) in [6.07, 6.45) is 1.32. The Morgan fingerprint density at radius 3 is 2.79 bits per heavy atom. The Morgan fingerprint density at radius 1 is 1.53 bits per heavy atom. The zero-order valence-corrected chi connectivity index (χ0v) is 9.68. The number of ether oxygens (including phenoxy) is 1. The summed E-state index contributed by atoms with van der Waals surface area (Å²) in [5.41, 5.74) is -0.797. The van der Waals surface area contributed by atoms with Gasteiger partial charge in [0.2, 0.25) is 5.75 Å². The molecule has 0 aliphatic carbocycles. The van der Waals surface area contributed by atoms with E-state index in [0.29, 0.717) is 0 Å². The second-order valence-electron chi connectivity index (χ2n) is 3.52. The van der Waals surface area contributed by atoms with Crippen LogP contribution in [0, 0.1) is 10.1 Å². The predicted molar refractivity (Wildman–Crippen MR) is 61.1 cm³/mol. The molecule has 9 heteroatoms. The summed E-state index contributed by atoms with van der Waals surface area (Å²) < 4.78 is 6.44. The van der Waals surface area contributed by atoms with Crippen LogP contribution in [0.3, 0.4) is 0 Å². The van der Waals surface area contributed by atoms with Gasteiger partial charge in [-0.25, -0.2) is 4.79 Å². The fourth-order valence-electron chi connectivity index (χ4n) is 1.40. The summed E-state index contributed by atoms with van der Waals surface area (Å²) in [5.74, 6) is -1.74. The third-order valence-corrected chi connectivity index (χ3v) is 2.19. The number of nitrogens with zero attached hydrogens (tertiary/aromatic N) is 4. The van der Waals surface area contributed by atoms with E-state index in [9.17, 15) is 14.9 Å². The number of nitro benzene ring substituents is 1. The van der Waals surface area contributed by atoms with Gasteiger partial charge in [-0.1, -0.05) is 6.07 Å². The van der Waals surface area contributed by atoms with Gasteiger partial charge < -0.3 is 9.84 Å². The number of rotatable bonds is 4. The van der Waals surface area contributed by atoms with Gasteiger partial charge in [-0.3, -0.25) is 14.8 Å². The van der Waals surface area contributed by atoms with Crippen molar-refractivity contribution >= 4 is 11.7 Å². The highest BCUT2D eigenvalue weighted by molar-refractivity contribution is 5.92. The summed E-state index contributed by atoms with van der Waals surface area (Å²) in [4.78, 5) is 24.9. The molecule has 98 valence electrons. The topological polar surface area (TPSA) is 120 Å². The Kier molecular flexibility index (Phi) is 3.10. The molecule has 0 unspecified atom stereocenters. The molecule has 1 N–H and O–H groups in total. The van der Waals surface area contributed by atoms with Gasteiger partial charge in [-0.2, -0.15) is 4.98 Å². The summed E-state index contributed by atoms with van der Waals surface area (Å²) in [6.45, 7) is 0. The molecule has 19 heavy (non-hydrogen) atoms. The Hall–Kier alpha value is -2.97. The van der Waals surface area contributed by atoms with Crippen LogP contribution in [0.5, 0.6) is 11.8 Å². The Morgan fingerprint density at radius 2 is 2.26 bits per heavy atom. The van der Waals surface area contributed by atoms with Crippen LogP contribution in [0.4, 0.5) is 5.69 Å². The average molecular weight is 264 g/mol. The number of benzene rings is 1. The molecule has 0 fully saturated rings. The van der Waals surface area contributed by atoms with Gasteiger partial charge in [0, 0.05) is 13.1 Å². The molecule has 0 bridgehead atoms. The average Bonchev–Trinajstić information content (AvgIpc) is 2.74. The molecule has 0 amide bonds. The van der Waals surface area contributed by atoms with Gasteiger partial charge in [-0.05, 0) is 6.07 Å². The SMILES string of the molecule is Cn1cnc(Oc2c(C(=O)O)cccc2[N+](=O)[O-])n1. The highest BCUT2D eigenvalue weighted by Gasteiger charge is 2.24. The van der Waals surface area contributed by atoms with Gasteiger partial charge in [0.05, 0.1) is 4.92 Å². The van der Waals surface area contributed by atoms with Crippen LogP contribution in [-0.4, -0.2) is 30.8 Å². The number of carbonyl (C=O) groups is 1. The van der Waals surface area contributed by atoms with Crippen molar-refractivity contribution in [1.82, 2.24) is 14.8 Å². The van der Waals surface area contributed by atoms with Crippen molar-refractivity contribution in [3.8, 4) is 11.8 Å². The molecule has 9 nitrogen and oxygen atoms in total. The van der Waals surface area contributed by atoms with Crippen molar-refractivity contribution in [2.45, 2.75) is 0 Å². The van der Waals surface area contributed by atoms with E-state index in [4.69, 9.17) is 9.84 Å². The first-order chi connectivity index (χ1) is 8.99. The number of hydrogen-bond donors (Lipinski definition) is 1. The van der Waals surface area contributed by atoms with E-state index in [0.717, 1.165) is 6.07 Å². The van der Waals surface area contributed by atoms with Crippen molar-refractivity contribution in [1.29, 1.82) is 0 Å². The fourth-order valence-corrected chi connectivity index (χ4v) is 1.40. The number of carboxylic acids is 1. The van der Waals surface area contributed by atoms with Crippen LogP contribution in [-0.2, 0) is 7.05 Å². The molecule has 0 aliphatic rings. The Labute approximate surface area is 106 Å². The number of para-hydroxylation sites is 1. The molecule has 1 heterocycles. The third kappa shape index (κ3) is 2.49. The van der Waals surface area contributed by atoms with Gasteiger partial charge in [0.1, 0.15) is 11.9 Å². The molecule has 2 aromatic rings. The second-order valence-corrected chi connectivity index (χ2v) is 3.52. The normalized spacial score (nSPS) is 10.2. The van der Waals surface area contributed by atoms with Crippen molar-refractivity contribution < 1.29 is 19.6 Å². The lowest BCUT2D eigenvalue weighted by Gasteiger charge is -2.05. The number of nitro groups is 1. The highest BCUT2D eigenvalue weighted by Crippen LogP contribution is 2.33. The molecule has 0 saturated carbocycles. The number of aryl methyl sites for hydroxylation is 1. The second kappa shape index (κ2) is 4.72. The van der Waals surface area contributed by atoms with Crippen LogP contribution in [0.15, 0.2) is 24.5 Å². The lowest BCUT2D eigenvalue weighted by molar-refractivity contribution is -0.385. The summed E-state index contributed by atoms with van der Waals surface area (Å²) in [5, 5.41) is 23.7. The fraction of sp³-hybridized carbons (Fsp3) is 0.100. The van der Waals surface area contributed by atoms with E-state index in [2.05, 4.69) is 10.1 Å². The van der Waals surface area contributed by atoms with E-state index in [-0.39, 0.29) is 11.6 Å². The van der Waals surface area contributed by atoms with Crippen LogP contribution in [0.25, 0.3) is 0 Å². The zero-order chi connectivity index (χ0) is 14.0. The van der Waals surface area contributed by atoms with E-state index in [1.54, 1.807) is 7.05 Å². The van der Waals surface area contributed by atoms with Gasteiger partial charge in [0.25, 0.3) is 0 Å². The molecular weight excluding hydrogens is 256 g/mol. The van der Waals surface area contributed by atoms with E-state index in [1.165, 1.54) is 23.1 Å². The maximum atomic E-state index is 11.0. The first-order valence-corrected chi connectivity index (χ1v) is 5.03. The molecule has 0 spiro atoms. The van der Waals surface area contributed by atoms with E-state index >= 15 is 0 Å². The minimum atomic E-state index is -1.34. The quantitative estimate of drug-likeness (QED) is 0.650. The number of hydrogen-bond acceptors (Lipinski definition) is 6. The predicted octanol–water partition coefficient (Wildman–Crippen LogP) is 1.21. The van der Waals surface area contributed by atoms with E-state index in [1.807, 2.05) is 0 Å². The van der Waals surface area contributed by atoms with Crippen molar-refractivity contribution in [3.63, 3.8) is 0 Å². The van der Waals surface area contributed by atoms with Gasteiger partial charge in [0.15, 0.2) is 0 Å². The molecule has 1 aromatic heterocycles. The third-order valence-electron chi connectivity index (χ3n) is 2.19. The van der Waals surface area contributed by atoms with Crippen LogP contribution < -0.4 is 4.74 Å². The molecule has 0 aliphatic heterocycles. The number of carboxylic acid groups (broad SMARTS) is 1. The minimum absolute atomic E-state index is 0.167.